The van der Waals surface area contributed by atoms with Crippen LogP contribution in [0.1, 0.15) is 33.2 Å². The fourth-order valence-corrected chi connectivity index (χ4v) is 2.45. The molecular weight excluding hydrogens is 286 g/mol. The minimum Gasteiger partial charge on any atom is -0.310 e. The lowest BCUT2D eigenvalue weighted by atomic mass is 10.3. The molecule has 2 heterocycles. The maximum Gasteiger partial charge on any atom is 0.238 e. The van der Waals surface area contributed by atoms with Crippen molar-refractivity contribution < 1.29 is 4.79 Å². The number of nitrogens with one attached hydrogen (secondary N) is 1. The van der Waals surface area contributed by atoms with E-state index in [0.29, 0.717) is 5.16 Å². The van der Waals surface area contributed by atoms with Gasteiger partial charge in [0.1, 0.15) is 5.82 Å². The van der Waals surface area contributed by atoms with Crippen LogP contribution in [0, 0.1) is 0 Å². The van der Waals surface area contributed by atoms with Gasteiger partial charge in [0.2, 0.25) is 5.91 Å². The fraction of sp³-hybridized carbons (Fsp3) is 0.429. The van der Waals surface area contributed by atoms with E-state index in [1.165, 1.54) is 11.8 Å². The van der Waals surface area contributed by atoms with Crippen LogP contribution in [0.25, 0.3) is 0 Å². The number of rotatable bonds is 6. The van der Waals surface area contributed by atoms with Gasteiger partial charge in [0.15, 0.2) is 5.16 Å². The van der Waals surface area contributed by atoms with Crippen molar-refractivity contribution in [2.24, 2.45) is 0 Å². The number of nitrogens with zero attached hydrogens (tertiary/aromatic N) is 4. The Morgan fingerprint density at radius 1 is 1.33 bits per heavy atom. The maximum absolute atomic E-state index is 12.2. The molecule has 0 saturated heterocycles. The largest absolute Gasteiger partial charge is 0.310 e. The number of carbonyl (C=O) groups is 1. The van der Waals surface area contributed by atoms with Crippen LogP contribution >= 0.6 is 11.8 Å². The standard InChI is InChI=1S/C14H19N5OS/c1-4-10(2)19-12(6-9-17-19)18-13(20)11(3)21-14-15-7-5-8-16-14/h5-11H,4H2,1-3H3,(H,18,20)/t10-,11-/m0/s1. The molecule has 1 N–H and O–H groups in total. The van der Waals surface area contributed by atoms with Crippen molar-refractivity contribution in [3.05, 3.63) is 30.7 Å². The molecule has 1 amide bonds. The SMILES string of the molecule is CC[C@H](C)n1nccc1NC(=O)[C@H](C)Sc1ncccn1. The summed E-state index contributed by atoms with van der Waals surface area (Å²) >= 11 is 1.33. The van der Waals surface area contributed by atoms with Crippen LogP contribution in [0.4, 0.5) is 5.82 Å². The summed E-state index contributed by atoms with van der Waals surface area (Å²) in [6.45, 7) is 5.99. The smallest absolute Gasteiger partial charge is 0.238 e. The minimum absolute atomic E-state index is 0.0856. The first-order chi connectivity index (χ1) is 10.1. The van der Waals surface area contributed by atoms with Crippen LogP contribution < -0.4 is 5.32 Å². The van der Waals surface area contributed by atoms with Crippen molar-refractivity contribution in [3.8, 4) is 0 Å². The predicted molar refractivity (Wildman–Crippen MR) is 83.2 cm³/mol. The van der Waals surface area contributed by atoms with Gasteiger partial charge in [0.25, 0.3) is 0 Å². The Bertz CT molecular complexity index is 586. The van der Waals surface area contributed by atoms with E-state index in [1.54, 1.807) is 30.7 Å². The number of carbonyl (C=O) groups excluding carboxylic acids is 1. The highest BCUT2D eigenvalue weighted by Crippen LogP contribution is 2.21. The Labute approximate surface area is 128 Å². The highest BCUT2D eigenvalue weighted by Gasteiger charge is 2.18. The number of hydrogen-bond donors (Lipinski definition) is 1. The predicted octanol–water partition coefficient (Wildman–Crippen LogP) is 2.76. The van der Waals surface area contributed by atoms with Crippen LogP contribution in [0.15, 0.2) is 35.9 Å². The van der Waals surface area contributed by atoms with Crippen molar-refractivity contribution in [1.82, 2.24) is 19.7 Å². The third kappa shape index (κ3) is 4.04. The first-order valence-electron chi connectivity index (χ1n) is 6.89. The van der Waals surface area contributed by atoms with E-state index < -0.39 is 0 Å². The molecule has 7 heteroatoms. The van der Waals surface area contributed by atoms with Gasteiger partial charge in [-0.15, -0.1) is 0 Å². The molecule has 6 nitrogen and oxygen atoms in total. The molecule has 0 aliphatic rings. The maximum atomic E-state index is 12.2. The highest BCUT2D eigenvalue weighted by molar-refractivity contribution is 8.00. The number of thioether (sulfide) groups is 1. The molecule has 2 aromatic heterocycles. The molecule has 0 unspecified atom stereocenters. The van der Waals surface area contributed by atoms with E-state index in [1.807, 2.05) is 11.6 Å². The molecule has 2 atom stereocenters. The summed E-state index contributed by atoms with van der Waals surface area (Å²) in [4.78, 5) is 20.5. The van der Waals surface area contributed by atoms with Gasteiger partial charge in [0.05, 0.1) is 17.5 Å². The van der Waals surface area contributed by atoms with Crippen LogP contribution in [0.5, 0.6) is 0 Å². The van der Waals surface area contributed by atoms with E-state index >= 15 is 0 Å². The van der Waals surface area contributed by atoms with E-state index in [4.69, 9.17) is 0 Å². The molecule has 0 radical (unpaired) electrons. The summed E-state index contributed by atoms with van der Waals surface area (Å²) in [6, 6.07) is 3.80. The lowest BCUT2D eigenvalue weighted by molar-refractivity contribution is -0.115. The molecule has 0 fully saturated rings. The average Bonchev–Trinajstić information content (AvgIpc) is 2.95. The Morgan fingerprint density at radius 3 is 2.71 bits per heavy atom. The number of amides is 1. The van der Waals surface area contributed by atoms with Crippen molar-refractivity contribution in [2.45, 2.75) is 43.6 Å². The van der Waals surface area contributed by atoms with Crippen molar-refractivity contribution in [2.75, 3.05) is 5.32 Å². The van der Waals surface area contributed by atoms with Gasteiger partial charge in [-0.05, 0) is 26.3 Å². The Hall–Kier alpha value is -1.89. The molecule has 2 rings (SSSR count). The molecule has 0 aromatic carbocycles. The highest BCUT2D eigenvalue weighted by atomic mass is 32.2. The Morgan fingerprint density at radius 2 is 2.05 bits per heavy atom. The van der Waals surface area contributed by atoms with Crippen LogP contribution in [-0.4, -0.2) is 30.9 Å². The topological polar surface area (TPSA) is 72.7 Å². The third-order valence-electron chi connectivity index (χ3n) is 3.12. The molecule has 0 spiro atoms. The van der Waals surface area contributed by atoms with Crippen molar-refractivity contribution in [1.29, 1.82) is 0 Å². The molecule has 0 saturated carbocycles. The zero-order valence-corrected chi connectivity index (χ0v) is 13.2. The zero-order valence-electron chi connectivity index (χ0n) is 12.4. The van der Waals surface area contributed by atoms with Crippen LogP contribution in [0.2, 0.25) is 0 Å². The number of anilines is 1. The van der Waals surface area contributed by atoms with E-state index in [-0.39, 0.29) is 17.2 Å². The number of aromatic nitrogens is 4. The van der Waals surface area contributed by atoms with Crippen molar-refractivity contribution >= 4 is 23.5 Å². The monoisotopic (exact) mass is 305 g/mol. The lowest BCUT2D eigenvalue weighted by Crippen LogP contribution is -2.25. The molecule has 21 heavy (non-hydrogen) atoms. The second kappa shape index (κ2) is 7.21. The van der Waals surface area contributed by atoms with Gasteiger partial charge >= 0.3 is 0 Å². The molecule has 0 aliphatic heterocycles. The quantitative estimate of drug-likeness (QED) is 0.656. The summed E-state index contributed by atoms with van der Waals surface area (Å²) in [5.41, 5.74) is 0. The third-order valence-corrected chi connectivity index (χ3v) is 4.11. The van der Waals surface area contributed by atoms with Crippen LogP contribution in [0.3, 0.4) is 0 Å². The van der Waals surface area contributed by atoms with Gasteiger partial charge in [-0.25, -0.2) is 14.6 Å². The lowest BCUT2D eigenvalue weighted by Gasteiger charge is -2.16. The molecule has 2 aromatic rings. The Kier molecular flexibility index (Phi) is 5.32. The zero-order chi connectivity index (χ0) is 15.2. The van der Waals surface area contributed by atoms with Gasteiger partial charge in [0, 0.05) is 18.5 Å². The molecular formula is C14H19N5OS. The number of hydrogen-bond acceptors (Lipinski definition) is 5. The van der Waals surface area contributed by atoms with E-state index in [0.717, 1.165) is 12.2 Å². The van der Waals surface area contributed by atoms with Gasteiger partial charge in [-0.1, -0.05) is 18.7 Å². The normalized spacial score (nSPS) is 13.7. The summed E-state index contributed by atoms with van der Waals surface area (Å²) in [5, 5.41) is 7.47. The first-order valence-corrected chi connectivity index (χ1v) is 7.77. The fourth-order valence-electron chi connectivity index (χ4n) is 1.72. The van der Waals surface area contributed by atoms with Crippen LogP contribution in [-0.2, 0) is 4.79 Å². The first kappa shape index (κ1) is 15.5. The average molecular weight is 305 g/mol. The summed E-state index contributed by atoms with van der Waals surface area (Å²) in [6.07, 6.45) is 5.97. The Balaban J connectivity index is 2.00. The summed E-state index contributed by atoms with van der Waals surface area (Å²) in [7, 11) is 0. The van der Waals surface area contributed by atoms with Gasteiger partial charge in [-0.2, -0.15) is 5.10 Å². The summed E-state index contributed by atoms with van der Waals surface area (Å²) < 4.78 is 1.83. The van der Waals surface area contributed by atoms with Gasteiger partial charge < -0.3 is 5.32 Å². The summed E-state index contributed by atoms with van der Waals surface area (Å²) in [5.74, 6) is 0.633. The van der Waals surface area contributed by atoms with E-state index in [9.17, 15) is 4.79 Å². The molecule has 0 bridgehead atoms. The van der Waals surface area contributed by atoms with Gasteiger partial charge in [-0.3, -0.25) is 4.79 Å². The van der Waals surface area contributed by atoms with Crippen molar-refractivity contribution in [3.63, 3.8) is 0 Å². The second-order valence-corrected chi connectivity index (χ2v) is 6.01. The molecule has 0 aliphatic carbocycles. The van der Waals surface area contributed by atoms with E-state index in [2.05, 4.69) is 34.2 Å². The molecule has 112 valence electrons. The second-order valence-electron chi connectivity index (χ2n) is 4.70. The minimum atomic E-state index is -0.285.